The van der Waals surface area contributed by atoms with Gasteiger partial charge in [-0.2, -0.15) is 0 Å². The Hall–Kier alpha value is -4.00. The maximum atomic E-state index is 14.7. The van der Waals surface area contributed by atoms with Gasteiger partial charge < -0.3 is 9.80 Å². The Labute approximate surface area is 197 Å². The molecule has 0 aliphatic carbocycles. The van der Waals surface area contributed by atoms with Crippen molar-refractivity contribution in [2.24, 2.45) is 0 Å². The quantitative estimate of drug-likeness (QED) is 0.557. The van der Waals surface area contributed by atoms with Crippen molar-refractivity contribution >= 4 is 28.9 Å². The SMILES string of the molecule is Cc1ccc(C2=C(N3CCN(c4ccccn4)CC3)C(=O)N(c3ccccc3F)C2=O)cc1C. The molecule has 0 radical (unpaired) electrons. The van der Waals surface area contributed by atoms with E-state index in [2.05, 4.69) is 9.88 Å². The van der Waals surface area contributed by atoms with Crippen LogP contribution in [0, 0.1) is 19.7 Å². The van der Waals surface area contributed by atoms with Gasteiger partial charge in [-0.3, -0.25) is 9.59 Å². The molecule has 34 heavy (non-hydrogen) atoms. The van der Waals surface area contributed by atoms with Gasteiger partial charge in [0.2, 0.25) is 0 Å². The second-order valence-electron chi connectivity index (χ2n) is 8.58. The van der Waals surface area contributed by atoms with Crippen molar-refractivity contribution in [2.45, 2.75) is 13.8 Å². The van der Waals surface area contributed by atoms with Gasteiger partial charge in [-0.15, -0.1) is 0 Å². The van der Waals surface area contributed by atoms with Crippen molar-refractivity contribution in [3.63, 3.8) is 0 Å². The average molecular weight is 457 g/mol. The highest BCUT2D eigenvalue weighted by atomic mass is 19.1. The molecule has 172 valence electrons. The molecular weight excluding hydrogens is 431 g/mol. The van der Waals surface area contributed by atoms with Gasteiger partial charge in [0.15, 0.2) is 0 Å². The summed E-state index contributed by atoms with van der Waals surface area (Å²) in [6, 6.07) is 17.4. The lowest BCUT2D eigenvalue weighted by atomic mass is 9.99. The van der Waals surface area contributed by atoms with Crippen LogP contribution in [-0.2, 0) is 9.59 Å². The van der Waals surface area contributed by atoms with Crippen molar-refractivity contribution in [1.29, 1.82) is 0 Å². The van der Waals surface area contributed by atoms with Gasteiger partial charge in [0.25, 0.3) is 11.8 Å². The lowest BCUT2D eigenvalue weighted by molar-refractivity contribution is -0.120. The van der Waals surface area contributed by atoms with E-state index in [1.807, 2.05) is 55.1 Å². The van der Waals surface area contributed by atoms with Crippen molar-refractivity contribution < 1.29 is 14.0 Å². The summed E-state index contributed by atoms with van der Waals surface area (Å²) in [5, 5.41) is 0. The average Bonchev–Trinajstić information content (AvgIpc) is 3.11. The molecule has 7 heteroatoms. The molecule has 0 bridgehead atoms. The molecule has 2 aliphatic rings. The number of imide groups is 1. The van der Waals surface area contributed by atoms with Gasteiger partial charge >= 0.3 is 0 Å². The highest BCUT2D eigenvalue weighted by Crippen LogP contribution is 2.36. The normalized spacial score (nSPS) is 16.6. The van der Waals surface area contributed by atoms with Crippen molar-refractivity contribution in [3.8, 4) is 0 Å². The molecule has 6 nitrogen and oxygen atoms in total. The number of rotatable bonds is 4. The smallest absolute Gasteiger partial charge is 0.282 e. The van der Waals surface area contributed by atoms with Crippen LogP contribution >= 0.6 is 0 Å². The molecule has 2 aliphatic heterocycles. The number of aryl methyl sites for hydroxylation is 2. The first-order valence-electron chi connectivity index (χ1n) is 11.3. The molecule has 1 saturated heterocycles. The lowest BCUT2D eigenvalue weighted by Crippen LogP contribution is -2.48. The van der Waals surface area contributed by atoms with Crippen LogP contribution < -0.4 is 9.80 Å². The van der Waals surface area contributed by atoms with E-state index in [1.54, 1.807) is 18.3 Å². The van der Waals surface area contributed by atoms with Gasteiger partial charge in [0.05, 0.1) is 11.3 Å². The maximum Gasteiger partial charge on any atom is 0.282 e. The molecule has 0 unspecified atom stereocenters. The summed E-state index contributed by atoms with van der Waals surface area (Å²) in [5.41, 5.74) is 3.41. The first-order chi connectivity index (χ1) is 16.5. The van der Waals surface area contributed by atoms with Crippen LogP contribution in [0.25, 0.3) is 5.57 Å². The number of para-hydroxylation sites is 1. The maximum absolute atomic E-state index is 14.7. The van der Waals surface area contributed by atoms with E-state index in [-0.39, 0.29) is 5.69 Å². The van der Waals surface area contributed by atoms with E-state index in [1.165, 1.54) is 12.1 Å². The van der Waals surface area contributed by atoms with E-state index in [0.29, 0.717) is 43.0 Å². The Bertz CT molecular complexity index is 1300. The Kier molecular flexibility index (Phi) is 5.61. The van der Waals surface area contributed by atoms with E-state index in [9.17, 15) is 14.0 Å². The second-order valence-corrected chi connectivity index (χ2v) is 8.58. The third kappa shape index (κ3) is 3.73. The minimum Gasteiger partial charge on any atom is -0.363 e. The summed E-state index contributed by atoms with van der Waals surface area (Å²) in [7, 11) is 0. The summed E-state index contributed by atoms with van der Waals surface area (Å²) in [6.07, 6.45) is 1.76. The number of carbonyl (C=O) groups is 2. The van der Waals surface area contributed by atoms with Crippen molar-refractivity contribution in [1.82, 2.24) is 9.88 Å². The predicted molar refractivity (Wildman–Crippen MR) is 130 cm³/mol. The van der Waals surface area contributed by atoms with Crippen LogP contribution in [0.3, 0.4) is 0 Å². The zero-order chi connectivity index (χ0) is 23.8. The molecule has 2 amide bonds. The van der Waals surface area contributed by atoms with Crippen LogP contribution in [0.2, 0.25) is 0 Å². The number of carbonyl (C=O) groups excluding carboxylic acids is 2. The number of piperazine rings is 1. The third-order valence-corrected chi connectivity index (χ3v) is 6.52. The van der Waals surface area contributed by atoms with Gasteiger partial charge in [-0.25, -0.2) is 14.3 Å². The van der Waals surface area contributed by atoms with Crippen LogP contribution in [0.1, 0.15) is 16.7 Å². The molecule has 2 aromatic carbocycles. The number of amides is 2. The Balaban J connectivity index is 1.54. The molecule has 1 aromatic heterocycles. The number of nitrogens with zero attached hydrogens (tertiary/aromatic N) is 4. The first-order valence-corrected chi connectivity index (χ1v) is 11.3. The summed E-state index contributed by atoms with van der Waals surface area (Å²) in [6.45, 7) is 6.37. The zero-order valence-electron chi connectivity index (χ0n) is 19.2. The lowest BCUT2D eigenvalue weighted by Gasteiger charge is -2.37. The summed E-state index contributed by atoms with van der Waals surface area (Å²) >= 11 is 0. The Morgan fingerprint density at radius 1 is 0.794 bits per heavy atom. The minimum atomic E-state index is -0.607. The van der Waals surface area contributed by atoms with E-state index in [0.717, 1.165) is 21.8 Å². The van der Waals surface area contributed by atoms with E-state index >= 15 is 0 Å². The highest BCUT2D eigenvalue weighted by molar-refractivity contribution is 6.45. The fraction of sp³-hybridized carbons (Fsp3) is 0.222. The monoisotopic (exact) mass is 456 g/mol. The molecule has 0 saturated carbocycles. The number of aromatic nitrogens is 1. The number of benzene rings is 2. The molecule has 5 rings (SSSR count). The minimum absolute atomic E-state index is 0.0269. The molecule has 1 fully saturated rings. The summed E-state index contributed by atoms with van der Waals surface area (Å²) in [4.78, 5) is 36.8. The van der Waals surface area contributed by atoms with Gasteiger partial charge in [-0.1, -0.05) is 36.4 Å². The van der Waals surface area contributed by atoms with Crippen LogP contribution in [0.5, 0.6) is 0 Å². The van der Waals surface area contributed by atoms with E-state index < -0.39 is 17.6 Å². The van der Waals surface area contributed by atoms with Crippen LogP contribution in [0.4, 0.5) is 15.9 Å². The molecule has 0 N–H and O–H groups in total. The summed E-state index contributed by atoms with van der Waals surface area (Å²) in [5.74, 6) is -0.715. The first kappa shape index (κ1) is 21.8. The van der Waals surface area contributed by atoms with Crippen molar-refractivity contribution in [3.05, 3.63) is 95.1 Å². The molecule has 0 atom stereocenters. The molecule has 3 heterocycles. The van der Waals surface area contributed by atoms with Gasteiger partial charge in [0, 0.05) is 32.4 Å². The van der Waals surface area contributed by atoms with Gasteiger partial charge in [-0.05, 0) is 54.8 Å². The molecule has 3 aromatic rings. The largest absolute Gasteiger partial charge is 0.363 e. The second kappa shape index (κ2) is 8.74. The fourth-order valence-electron chi connectivity index (χ4n) is 4.52. The number of hydrogen-bond acceptors (Lipinski definition) is 5. The Morgan fingerprint density at radius 3 is 2.18 bits per heavy atom. The topological polar surface area (TPSA) is 56.8 Å². The predicted octanol–water partition coefficient (Wildman–Crippen LogP) is 3.94. The van der Waals surface area contributed by atoms with Crippen LogP contribution in [0.15, 0.2) is 72.6 Å². The zero-order valence-corrected chi connectivity index (χ0v) is 19.2. The fourth-order valence-corrected chi connectivity index (χ4v) is 4.52. The van der Waals surface area contributed by atoms with Crippen LogP contribution in [-0.4, -0.2) is 47.9 Å². The molecular formula is C27H25FN4O2. The number of hydrogen-bond donors (Lipinski definition) is 0. The van der Waals surface area contributed by atoms with Gasteiger partial charge in [0.1, 0.15) is 17.3 Å². The third-order valence-electron chi connectivity index (χ3n) is 6.52. The standard InChI is InChI=1S/C27H25FN4O2/c1-18-10-11-20(17-19(18)2)24-25(27(34)32(26(24)33)22-8-4-3-7-21(22)28)31-15-13-30(14-16-31)23-9-5-6-12-29-23/h3-12,17H,13-16H2,1-2H3. The highest BCUT2D eigenvalue weighted by Gasteiger charge is 2.44. The Morgan fingerprint density at radius 2 is 1.50 bits per heavy atom. The van der Waals surface area contributed by atoms with Crippen molar-refractivity contribution in [2.75, 3.05) is 36.0 Å². The van der Waals surface area contributed by atoms with E-state index in [4.69, 9.17) is 0 Å². The summed E-state index contributed by atoms with van der Waals surface area (Å²) < 4.78 is 14.7. The molecule has 0 spiro atoms. The number of anilines is 2. The number of halogens is 1. The number of pyridine rings is 1.